The second kappa shape index (κ2) is 8.79. The van der Waals surface area contributed by atoms with Gasteiger partial charge in [-0.05, 0) is 38.8 Å². The zero-order valence-corrected chi connectivity index (χ0v) is 15.8. The molecule has 5 heteroatoms. The number of rotatable bonds is 8. The van der Waals surface area contributed by atoms with Gasteiger partial charge in [-0.2, -0.15) is 0 Å². The SMILES string of the molecule is CCN(CC(=O)NCC1(c2ccccc2)CCOCC1)CC(C)(C)O. The quantitative estimate of drug-likeness (QED) is 0.754. The molecule has 1 aliphatic rings. The Morgan fingerprint density at radius 1 is 1.28 bits per heavy atom. The van der Waals surface area contributed by atoms with Crippen LogP contribution in [0.5, 0.6) is 0 Å². The number of nitrogens with zero attached hydrogens (tertiary/aromatic N) is 1. The highest BCUT2D eigenvalue weighted by Gasteiger charge is 2.34. The summed E-state index contributed by atoms with van der Waals surface area (Å²) in [7, 11) is 0. The predicted octanol–water partition coefficient (Wildman–Crippen LogP) is 1.94. The van der Waals surface area contributed by atoms with Crippen molar-refractivity contribution >= 4 is 5.91 Å². The van der Waals surface area contributed by atoms with Crippen LogP contribution in [0.4, 0.5) is 0 Å². The summed E-state index contributed by atoms with van der Waals surface area (Å²) in [5, 5.41) is 13.1. The van der Waals surface area contributed by atoms with Crippen molar-refractivity contribution in [3.05, 3.63) is 35.9 Å². The summed E-state index contributed by atoms with van der Waals surface area (Å²) in [6.07, 6.45) is 1.83. The molecule has 1 heterocycles. The number of aliphatic hydroxyl groups is 1. The van der Waals surface area contributed by atoms with Gasteiger partial charge in [-0.1, -0.05) is 37.3 Å². The normalized spacial score (nSPS) is 17.5. The van der Waals surface area contributed by atoms with Crippen LogP contribution in [0.3, 0.4) is 0 Å². The van der Waals surface area contributed by atoms with Crippen molar-refractivity contribution in [3.63, 3.8) is 0 Å². The van der Waals surface area contributed by atoms with Crippen molar-refractivity contribution in [1.29, 1.82) is 0 Å². The molecule has 0 saturated carbocycles. The Balaban J connectivity index is 1.97. The van der Waals surface area contributed by atoms with Gasteiger partial charge >= 0.3 is 0 Å². The van der Waals surface area contributed by atoms with Gasteiger partial charge in [-0.3, -0.25) is 9.69 Å². The van der Waals surface area contributed by atoms with Crippen molar-refractivity contribution < 1.29 is 14.6 Å². The van der Waals surface area contributed by atoms with Gasteiger partial charge in [0.05, 0.1) is 12.1 Å². The van der Waals surface area contributed by atoms with Crippen molar-refractivity contribution in [2.24, 2.45) is 0 Å². The molecule has 0 atom stereocenters. The van der Waals surface area contributed by atoms with Gasteiger partial charge in [0.1, 0.15) is 0 Å². The Morgan fingerprint density at radius 2 is 1.92 bits per heavy atom. The van der Waals surface area contributed by atoms with Crippen LogP contribution in [0.1, 0.15) is 39.2 Å². The molecule has 0 spiro atoms. The Morgan fingerprint density at radius 3 is 2.48 bits per heavy atom. The van der Waals surface area contributed by atoms with Gasteiger partial charge in [0.15, 0.2) is 0 Å². The summed E-state index contributed by atoms with van der Waals surface area (Å²) in [6.45, 7) is 9.13. The third-order valence-electron chi connectivity index (χ3n) is 4.88. The molecule has 1 saturated heterocycles. The van der Waals surface area contributed by atoms with Crippen molar-refractivity contribution in [2.75, 3.05) is 39.4 Å². The lowest BCUT2D eigenvalue weighted by Gasteiger charge is -2.38. The molecule has 0 unspecified atom stereocenters. The summed E-state index contributed by atoms with van der Waals surface area (Å²) < 4.78 is 5.54. The van der Waals surface area contributed by atoms with Gasteiger partial charge in [0.25, 0.3) is 0 Å². The molecule has 0 aliphatic carbocycles. The first kappa shape index (κ1) is 19.9. The molecule has 0 aromatic heterocycles. The minimum atomic E-state index is -0.803. The maximum atomic E-state index is 12.4. The fourth-order valence-electron chi connectivity index (χ4n) is 3.47. The Bertz CT molecular complexity index is 534. The number of hydrogen-bond donors (Lipinski definition) is 2. The molecule has 1 amide bonds. The summed E-state index contributed by atoms with van der Waals surface area (Å²) in [5.41, 5.74) is 0.410. The molecule has 0 radical (unpaired) electrons. The Labute approximate surface area is 151 Å². The van der Waals surface area contributed by atoms with E-state index in [1.807, 2.05) is 17.9 Å². The summed E-state index contributed by atoms with van der Waals surface area (Å²) in [4.78, 5) is 14.4. The molecule has 1 aromatic carbocycles. The van der Waals surface area contributed by atoms with Gasteiger partial charge in [0.2, 0.25) is 5.91 Å². The van der Waals surface area contributed by atoms with Crippen LogP contribution >= 0.6 is 0 Å². The molecular weight excluding hydrogens is 316 g/mol. The van der Waals surface area contributed by atoms with Crippen LogP contribution in [0.15, 0.2) is 30.3 Å². The molecular formula is C20H32N2O3. The van der Waals surface area contributed by atoms with E-state index in [4.69, 9.17) is 4.74 Å². The smallest absolute Gasteiger partial charge is 0.234 e. The Kier molecular flexibility index (Phi) is 6.99. The van der Waals surface area contributed by atoms with Crippen LogP contribution < -0.4 is 5.32 Å². The molecule has 1 fully saturated rings. The number of carbonyl (C=O) groups excluding carboxylic acids is 1. The van der Waals surface area contributed by atoms with E-state index in [1.54, 1.807) is 13.8 Å². The van der Waals surface area contributed by atoms with Gasteiger partial charge < -0.3 is 15.2 Å². The van der Waals surface area contributed by atoms with E-state index in [9.17, 15) is 9.90 Å². The first-order valence-electron chi connectivity index (χ1n) is 9.19. The third kappa shape index (κ3) is 6.10. The van der Waals surface area contributed by atoms with Gasteiger partial charge in [-0.25, -0.2) is 0 Å². The zero-order chi connectivity index (χ0) is 18.3. The highest BCUT2D eigenvalue weighted by molar-refractivity contribution is 5.78. The third-order valence-corrected chi connectivity index (χ3v) is 4.88. The molecule has 1 aliphatic heterocycles. The maximum Gasteiger partial charge on any atom is 0.234 e. The van der Waals surface area contributed by atoms with Crippen LogP contribution in [0, 0.1) is 0 Å². The standard InChI is InChI=1S/C20H32N2O3/c1-4-22(16-19(2,3)24)14-18(23)21-15-20(10-12-25-13-11-20)17-8-6-5-7-9-17/h5-9,24H,4,10-16H2,1-3H3,(H,21,23). The van der Waals surface area contributed by atoms with E-state index in [-0.39, 0.29) is 11.3 Å². The van der Waals surface area contributed by atoms with E-state index in [2.05, 4.69) is 29.6 Å². The topological polar surface area (TPSA) is 61.8 Å². The summed E-state index contributed by atoms with van der Waals surface area (Å²) in [6, 6.07) is 10.4. The first-order valence-corrected chi connectivity index (χ1v) is 9.19. The average Bonchev–Trinajstić information content (AvgIpc) is 2.60. The highest BCUT2D eigenvalue weighted by atomic mass is 16.5. The van der Waals surface area contributed by atoms with Crippen molar-refractivity contribution in [2.45, 2.75) is 44.6 Å². The number of benzene rings is 1. The van der Waals surface area contributed by atoms with Gasteiger partial charge in [0, 0.05) is 31.7 Å². The number of amides is 1. The van der Waals surface area contributed by atoms with Crippen LogP contribution in [-0.4, -0.2) is 60.9 Å². The van der Waals surface area contributed by atoms with Gasteiger partial charge in [-0.15, -0.1) is 0 Å². The fourth-order valence-corrected chi connectivity index (χ4v) is 3.47. The molecule has 2 rings (SSSR count). The monoisotopic (exact) mass is 348 g/mol. The minimum absolute atomic E-state index is 0.00731. The molecule has 140 valence electrons. The van der Waals surface area contributed by atoms with E-state index in [1.165, 1.54) is 5.56 Å². The second-order valence-electron chi connectivity index (χ2n) is 7.65. The molecule has 5 nitrogen and oxygen atoms in total. The predicted molar refractivity (Wildman–Crippen MR) is 99.6 cm³/mol. The molecule has 1 aromatic rings. The number of hydrogen-bond acceptors (Lipinski definition) is 4. The number of carbonyl (C=O) groups is 1. The summed E-state index contributed by atoms with van der Waals surface area (Å²) >= 11 is 0. The molecule has 0 bridgehead atoms. The maximum absolute atomic E-state index is 12.4. The lowest BCUT2D eigenvalue weighted by Crippen LogP contribution is -2.48. The minimum Gasteiger partial charge on any atom is -0.389 e. The van der Waals surface area contributed by atoms with Crippen LogP contribution in [0.25, 0.3) is 0 Å². The van der Waals surface area contributed by atoms with Crippen LogP contribution in [-0.2, 0) is 14.9 Å². The van der Waals surface area contributed by atoms with Crippen LogP contribution in [0.2, 0.25) is 0 Å². The average molecular weight is 348 g/mol. The lowest BCUT2D eigenvalue weighted by atomic mass is 9.74. The van der Waals surface area contributed by atoms with E-state index in [0.29, 0.717) is 19.6 Å². The molecule has 25 heavy (non-hydrogen) atoms. The fraction of sp³-hybridized carbons (Fsp3) is 0.650. The zero-order valence-electron chi connectivity index (χ0n) is 15.8. The second-order valence-corrected chi connectivity index (χ2v) is 7.65. The van der Waals surface area contributed by atoms with E-state index < -0.39 is 5.60 Å². The van der Waals surface area contributed by atoms with Crippen molar-refractivity contribution in [1.82, 2.24) is 10.2 Å². The number of nitrogens with one attached hydrogen (secondary N) is 1. The first-order chi connectivity index (χ1) is 11.8. The van der Waals surface area contributed by atoms with E-state index >= 15 is 0 Å². The summed E-state index contributed by atoms with van der Waals surface area (Å²) in [5.74, 6) is 0.00731. The van der Waals surface area contributed by atoms with Crippen molar-refractivity contribution in [3.8, 4) is 0 Å². The molecule has 2 N–H and O–H groups in total. The highest BCUT2D eigenvalue weighted by Crippen LogP contribution is 2.34. The Hall–Kier alpha value is -1.43. The lowest BCUT2D eigenvalue weighted by molar-refractivity contribution is -0.123. The largest absolute Gasteiger partial charge is 0.389 e. The number of likely N-dealkylation sites (N-methyl/N-ethyl adjacent to an activating group) is 1. The number of ether oxygens (including phenoxy) is 1. The van der Waals surface area contributed by atoms with E-state index in [0.717, 1.165) is 32.6 Å².